The first-order chi connectivity index (χ1) is 7.59. The molecule has 1 aromatic rings. The zero-order chi connectivity index (χ0) is 11.6. The molecule has 1 saturated heterocycles. The summed E-state index contributed by atoms with van der Waals surface area (Å²) in [6.07, 6.45) is 2.14. The molecule has 0 radical (unpaired) electrons. The van der Waals surface area contributed by atoms with Gasteiger partial charge in [0.05, 0.1) is 0 Å². The smallest absolute Gasteiger partial charge is 0.121 e. The number of hydrogen-bond acceptors (Lipinski definition) is 2. The number of nitrogens with one attached hydrogen (secondary N) is 1. The molecule has 1 aliphatic heterocycles. The molecule has 0 spiro atoms. The summed E-state index contributed by atoms with van der Waals surface area (Å²) >= 11 is 3.54. The molecule has 3 heteroatoms. The van der Waals surface area contributed by atoms with Gasteiger partial charge >= 0.3 is 0 Å². The van der Waals surface area contributed by atoms with Crippen molar-refractivity contribution in [2.45, 2.75) is 32.3 Å². The fourth-order valence-corrected chi connectivity index (χ4v) is 2.34. The first-order valence-electron chi connectivity index (χ1n) is 5.75. The highest BCUT2D eigenvalue weighted by atomic mass is 79.9. The fourth-order valence-electron chi connectivity index (χ4n) is 1.98. The van der Waals surface area contributed by atoms with Crippen molar-refractivity contribution in [3.8, 4) is 5.75 Å². The molecule has 0 bridgehead atoms. The molecule has 1 aliphatic rings. The van der Waals surface area contributed by atoms with Crippen molar-refractivity contribution in [2.75, 3.05) is 13.1 Å². The van der Waals surface area contributed by atoms with Crippen LogP contribution in [0.5, 0.6) is 5.75 Å². The van der Waals surface area contributed by atoms with Gasteiger partial charge in [-0.1, -0.05) is 22.0 Å². The normalized spacial score (nSPS) is 19.4. The Bertz CT molecular complexity index is 372. The minimum atomic E-state index is -0.0139. The lowest BCUT2D eigenvalue weighted by Crippen LogP contribution is -2.43. The van der Waals surface area contributed by atoms with Crippen molar-refractivity contribution in [1.29, 1.82) is 0 Å². The van der Waals surface area contributed by atoms with Crippen LogP contribution in [-0.2, 0) is 0 Å². The summed E-state index contributed by atoms with van der Waals surface area (Å²) in [5.74, 6) is 0.960. The van der Waals surface area contributed by atoms with Crippen LogP contribution in [0.25, 0.3) is 0 Å². The first kappa shape index (κ1) is 11.9. The van der Waals surface area contributed by atoms with Gasteiger partial charge in [-0.2, -0.15) is 0 Å². The molecule has 0 unspecified atom stereocenters. The van der Waals surface area contributed by atoms with Crippen LogP contribution in [-0.4, -0.2) is 18.7 Å². The van der Waals surface area contributed by atoms with Crippen molar-refractivity contribution in [3.63, 3.8) is 0 Å². The van der Waals surface area contributed by atoms with Crippen LogP contribution in [0, 0.1) is 6.92 Å². The van der Waals surface area contributed by atoms with E-state index >= 15 is 0 Å². The molecule has 1 aromatic carbocycles. The fraction of sp³-hybridized carbons (Fsp3) is 0.538. The van der Waals surface area contributed by atoms with Gasteiger partial charge in [0.1, 0.15) is 11.4 Å². The summed E-state index contributed by atoms with van der Waals surface area (Å²) in [5.41, 5.74) is 1.22. The Balaban J connectivity index is 2.10. The molecular formula is C13H18BrNO. The molecule has 0 atom stereocenters. The van der Waals surface area contributed by atoms with Gasteiger partial charge in [-0.3, -0.25) is 0 Å². The first-order valence-corrected chi connectivity index (χ1v) is 6.54. The molecule has 1 fully saturated rings. The van der Waals surface area contributed by atoms with Gasteiger partial charge in [0.25, 0.3) is 0 Å². The summed E-state index contributed by atoms with van der Waals surface area (Å²) in [6, 6.07) is 6.19. The van der Waals surface area contributed by atoms with Crippen LogP contribution in [0.2, 0.25) is 0 Å². The second-order valence-corrected chi connectivity index (χ2v) is 5.57. The van der Waals surface area contributed by atoms with E-state index in [1.54, 1.807) is 0 Å². The number of piperidine rings is 1. The van der Waals surface area contributed by atoms with Gasteiger partial charge in [-0.05, 0) is 57.5 Å². The molecule has 2 rings (SSSR count). The number of halogens is 1. The molecular weight excluding hydrogens is 266 g/mol. The third-order valence-corrected chi connectivity index (χ3v) is 4.02. The summed E-state index contributed by atoms with van der Waals surface area (Å²) < 4.78 is 7.22. The third-order valence-electron chi connectivity index (χ3n) is 3.17. The molecule has 0 aliphatic carbocycles. The van der Waals surface area contributed by atoms with E-state index in [1.807, 2.05) is 6.07 Å². The number of benzene rings is 1. The van der Waals surface area contributed by atoms with Crippen molar-refractivity contribution in [2.24, 2.45) is 0 Å². The minimum absolute atomic E-state index is 0.0139. The SMILES string of the molecule is Cc1ccc(OC2(C)CCNCC2)cc1Br. The Morgan fingerprint density at radius 2 is 2.00 bits per heavy atom. The average Bonchev–Trinajstić information content (AvgIpc) is 2.24. The van der Waals surface area contributed by atoms with Crippen molar-refractivity contribution in [1.82, 2.24) is 5.32 Å². The maximum Gasteiger partial charge on any atom is 0.121 e. The van der Waals surface area contributed by atoms with E-state index in [2.05, 4.69) is 47.2 Å². The lowest BCUT2D eigenvalue weighted by molar-refractivity contribution is 0.0555. The number of rotatable bonds is 2. The number of aryl methyl sites for hydroxylation is 1. The Kier molecular flexibility index (Phi) is 3.55. The Morgan fingerprint density at radius 1 is 1.31 bits per heavy atom. The van der Waals surface area contributed by atoms with Crippen molar-refractivity contribution < 1.29 is 4.74 Å². The van der Waals surface area contributed by atoms with Crippen molar-refractivity contribution in [3.05, 3.63) is 28.2 Å². The van der Waals surface area contributed by atoms with E-state index in [0.29, 0.717) is 0 Å². The lowest BCUT2D eigenvalue weighted by Gasteiger charge is -2.34. The molecule has 16 heavy (non-hydrogen) atoms. The molecule has 88 valence electrons. The third kappa shape index (κ3) is 2.77. The second-order valence-electron chi connectivity index (χ2n) is 4.71. The van der Waals surface area contributed by atoms with Crippen LogP contribution in [0.15, 0.2) is 22.7 Å². The molecule has 2 nitrogen and oxygen atoms in total. The van der Waals surface area contributed by atoms with E-state index in [9.17, 15) is 0 Å². The Morgan fingerprint density at radius 3 is 2.62 bits per heavy atom. The molecule has 1 heterocycles. The van der Waals surface area contributed by atoms with Crippen LogP contribution in [0.1, 0.15) is 25.3 Å². The summed E-state index contributed by atoms with van der Waals surface area (Å²) in [6.45, 7) is 6.37. The standard InChI is InChI=1S/C13H18BrNO/c1-10-3-4-11(9-12(10)14)16-13(2)5-7-15-8-6-13/h3-4,9,15H,5-8H2,1-2H3. The van der Waals surface area contributed by atoms with E-state index in [1.165, 1.54) is 5.56 Å². The number of ether oxygens (including phenoxy) is 1. The highest BCUT2D eigenvalue weighted by Gasteiger charge is 2.28. The highest BCUT2D eigenvalue weighted by Crippen LogP contribution is 2.29. The summed E-state index contributed by atoms with van der Waals surface area (Å²) in [5, 5.41) is 3.36. The van der Waals surface area contributed by atoms with Gasteiger partial charge in [0.15, 0.2) is 0 Å². The average molecular weight is 284 g/mol. The van der Waals surface area contributed by atoms with Gasteiger partial charge in [0.2, 0.25) is 0 Å². The van der Waals surface area contributed by atoms with Gasteiger partial charge < -0.3 is 10.1 Å². The molecule has 1 N–H and O–H groups in total. The zero-order valence-corrected chi connectivity index (χ0v) is 11.4. The summed E-state index contributed by atoms with van der Waals surface area (Å²) in [7, 11) is 0. The lowest BCUT2D eigenvalue weighted by atomic mass is 9.94. The summed E-state index contributed by atoms with van der Waals surface area (Å²) in [4.78, 5) is 0. The quantitative estimate of drug-likeness (QED) is 0.900. The van der Waals surface area contributed by atoms with Crippen LogP contribution in [0.3, 0.4) is 0 Å². The maximum absolute atomic E-state index is 6.11. The largest absolute Gasteiger partial charge is 0.487 e. The highest BCUT2D eigenvalue weighted by molar-refractivity contribution is 9.10. The van der Waals surface area contributed by atoms with E-state index in [4.69, 9.17) is 4.74 Å². The Hall–Kier alpha value is -0.540. The van der Waals surface area contributed by atoms with E-state index < -0.39 is 0 Å². The van der Waals surface area contributed by atoms with Crippen molar-refractivity contribution >= 4 is 15.9 Å². The van der Waals surface area contributed by atoms with Crippen LogP contribution >= 0.6 is 15.9 Å². The van der Waals surface area contributed by atoms with E-state index in [0.717, 1.165) is 36.2 Å². The molecule has 0 amide bonds. The van der Waals surface area contributed by atoms with Crippen LogP contribution < -0.4 is 10.1 Å². The molecule has 0 aromatic heterocycles. The van der Waals surface area contributed by atoms with Gasteiger partial charge in [0, 0.05) is 4.47 Å². The monoisotopic (exact) mass is 283 g/mol. The van der Waals surface area contributed by atoms with Gasteiger partial charge in [-0.25, -0.2) is 0 Å². The Labute approximate surface area is 106 Å². The topological polar surface area (TPSA) is 21.3 Å². The van der Waals surface area contributed by atoms with Crippen LogP contribution in [0.4, 0.5) is 0 Å². The van der Waals surface area contributed by atoms with E-state index in [-0.39, 0.29) is 5.60 Å². The predicted molar refractivity (Wildman–Crippen MR) is 70.0 cm³/mol. The minimum Gasteiger partial charge on any atom is -0.487 e. The zero-order valence-electron chi connectivity index (χ0n) is 9.85. The second kappa shape index (κ2) is 4.76. The molecule has 0 saturated carbocycles. The predicted octanol–water partition coefficient (Wildman–Crippen LogP) is 3.28. The van der Waals surface area contributed by atoms with Gasteiger partial charge in [-0.15, -0.1) is 0 Å². The maximum atomic E-state index is 6.11. The number of hydrogen-bond donors (Lipinski definition) is 1.